The van der Waals surface area contributed by atoms with Crippen molar-refractivity contribution < 1.29 is 23.1 Å². The number of nitriles is 1. The average molecular weight is 355 g/mol. The number of hydrogen-bond acceptors (Lipinski definition) is 6. The second kappa shape index (κ2) is 7.03. The first-order chi connectivity index (χ1) is 12.5. The number of nitrogen functional groups attached to an aromatic ring is 1. The quantitative estimate of drug-likeness (QED) is 0.706. The highest BCUT2D eigenvalue weighted by atomic mass is 19.1. The maximum absolute atomic E-state index is 14.4. The van der Waals surface area contributed by atoms with Crippen molar-refractivity contribution in [3.05, 3.63) is 65.6 Å². The number of methoxy groups -OCH3 is 1. The standard InChI is InChI=1S/C18H14FN3O4/c1-24-18(23)17-16(21)11(8-20)9-22(17)12-4-5-15(14(19)7-12)26-10-13-3-2-6-25-13/h2-7,9H,10,21H2,1H3. The van der Waals surface area contributed by atoms with Crippen LogP contribution in [-0.2, 0) is 11.3 Å². The third kappa shape index (κ3) is 3.10. The number of aromatic nitrogens is 1. The summed E-state index contributed by atoms with van der Waals surface area (Å²) < 4.78 is 30.9. The molecule has 0 fully saturated rings. The van der Waals surface area contributed by atoms with Crippen LogP contribution in [0.3, 0.4) is 0 Å². The van der Waals surface area contributed by atoms with Gasteiger partial charge in [-0.3, -0.25) is 0 Å². The Hall–Kier alpha value is -3.73. The first kappa shape index (κ1) is 17.1. The minimum Gasteiger partial charge on any atom is -0.483 e. The predicted molar refractivity (Wildman–Crippen MR) is 89.2 cm³/mol. The van der Waals surface area contributed by atoms with Gasteiger partial charge in [-0.2, -0.15) is 5.26 Å². The number of halogens is 1. The monoisotopic (exact) mass is 355 g/mol. The largest absolute Gasteiger partial charge is 0.483 e. The number of nitrogens with zero attached hydrogens (tertiary/aromatic N) is 2. The number of rotatable bonds is 5. The molecule has 0 saturated heterocycles. The molecule has 2 aromatic heterocycles. The van der Waals surface area contributed by atoms with Gasteiger partial charge in [-0.25, -0.2) is 9.18 Å². The summed E-state index contributed by atoms with van der Waals surface area (Å²) in [7, 11) is 1.19. The zero-order valence-electron chi connectivity index (χ0n) is 13.7. The van der Waals surface area contributed by atoms with E-state index in [1.54, 1.807) is 12.1 Å². The second-order valence-electron chi connectivity index (χ2n) is 5.26. The van der Waals surface area contributed by atoms with Crippen molar-refractivity contribution in [1.29, 1.82) is 5.26 Å². The number of nitrogens with two attached hydrogens (primary N) is 1. The van der Waals surface area contributed by atoms with E-state index in [2.05, 4.69) is 0 Å². The molecule has 2 N–H and O–H groups in total. The van der Waals surface area contributed by atoms with Crippen molar-refractivity contribution in [2.45, 2.75) is 6.61 Å². The summed E-state index contributed by atoms with van der Waals surface area (Å²) in [4.78, 5) is 12.0. The summed E-state index contributed by atoms with van der Waals surface area (Å²) in [5, 5.41) is 9.12. The highest BCUT2D eigenvalue weighted by Crippen LogP contribution is 2.27. The molecule has 26 heavy (non-hydrogen) atoms. The molecule has 0 saturated carbocycles. The van der Waals surface area contributed by atoms with Crippen LogP contribution in [0.2, 0.25) is 0 Å². The predicted octanol–water partition coefficient (Wildman–Crippen LogP) is 3.03. The Morgan fingerprint density at radius 1 is 1.42 bits per heavy atom. The Bertz CT molecular complexity index is 987. The number of benzene rings is 1. The van der Waals surface area contributed by atoms with Gasteiger partial charge in [0.1, 0.15) is 18.4 Å². The first-order valence-electron chi connectivity index (χ1n) is 7.49. The van der Waals surface area contributed by atoms with Crippen LogP contribution in [0.4, 0.5) is 10.1 Å². The maximum atomic E-state index is 14.4. The average Bonchev–Trinajstić information content (AvgIpc) is 3.27. The van der Waals surface area contributed by atoms with E-state index in [1.165, 1.54) is 42.3 Å². The Kier molecular flexibility index (Phi) is 4.62. The third-order valence-corrected chi connectivity index (χ3v) is 3.69. The summed E-state index contributed by atoms with van der Waals surface area (Å²) in [5.74, 6) is -0.804. The van der Waals surface area contributed by atoms with E-state index < -0.39 is 11.8 Å². The molecule has 3 aromatic rings. The number of ether oxygens (including phenoxy) is 2. The Morgan fingerprint density at radius 3 is 2.85 bits per heavy atom. The van der Waals surface area contributed by atoms with Crippen LogP contribution in [0.15, 0.2) is 47.2 Å². The zero-order valence-corrected chi connectivity index (χ0v) is 13.7. The van der Waals surface area contributed by atoms with E-state index in [0.717, 1.165) is 0 Å². The van der Waals surface area contributed by atoms with Gasteiger partial charge in [0, 0.05) is 18.0 Å². The molecule has 2 heterocycles. The molecule has 132 valence electrons. The van der Waals surface area contributed by atoms with Crippen molar-refractivity contribution in [2.75, 3.05) is 12.8 Å². The molecule has 0 aliphatic heterocycles. The summed E-state index contributed by atoms with van der Waals surface area (Å²) in [6.07, 6.45) is 2.84. The van der Waals surface area contributed by atoms with Crippen molar-refractivity contribution >= 4 is 11.7 Å². The minimum atomic E-state index is -0.734. The zero-order chi connectivity index (χ0) is 18.7. The molecule has 0 spiro atoms. The number of hydrogen-bond donors (Lipinski definition) is 1. The number of carbonyl (C=O) groups is 1. The van der Waals surface area contributed by atoms with Gasteiger partial charge in [0.15, 0.2) is 17.3 Å². The third-order valence-electron chi connectivity index (χ3n) is 3.69. The van der Waals surface area contributed by atoms with Crippen molar-refractivity contribution in [2.24, 2.45) is 0 Å². The van der Waals surface area contributed by atoms with Gasteiger partial charge in [0.25, 0.3) is 0 Å². The van der Waals surface area contributed by atoms with E-state index in [1.807, 2.05) is 6.07 Å². The molecule has 0 atom stereocenters. The lowest BCUT2D eigenvalue weighted by atomic mass is 10.2. The van der Waals surface area contributed by atoms with Gasteiger partial charge >= 0.3 is 5.97 Å². The first-order valence-corrected chi connectivity index (χ1v) is 7.49. The highest BCUT2D eigenvalue weighted by Gasteiger charge is 2.22. The molecule has 0 aliphatic carbocycles. The SMILES string of the molecule is COC(=O)c1c(N)c(C#N)cn1-c1ccc(OCc2ccco2)c(F)c1. The lowest BCUT2D eigenvalue weighted by molar-refractivity contribution is 0.0593. The number of anilines is 1. The summed E-state index contributed by atoms with van der Waals surface area (Å²) in [5.41, 5.74) is 6.13. The van der Waals surface area contributed by atoms with E-state index in [0.29, 0.717) is 11.4 Å². The van der Waals surface area contributed by atoms with Gasteiger partial charge in [-0.05, 0) is 24.3 Å². The van der Waals surface area contributed by atoms with Gasteiger partial charge in [-0.1, -0.05) is 0 Å². The van der Waals surface area contributed by atoms with Gasteiger partial charge in [0.2, 0.25) is 0 Å². The van der Waals surface area contributed by atoms with Crippen LogP contribution in [0.25, 0.3) is 5.69 Å². The topological polar surface area (TPSA) is 103 Å². The van der Waals surface area contributed by atoms with Crippen LogP contribution in [0.1, 0.15) is 21.8 Å². The Morgan fingerprint density at radius 2 is 2.23 bits per heavy atom. The molecule has 0 bridgehead atoms. The fourth-order valence-electron chi connectivity index (χ4n) is 2.42. The number of furan rings is 1. The van der Waals surface area contributed by atoms with Crippen molar-refractivity contribution in [1.82, 2.24) is 4.57 Å². The second-order valence-corrected chi connectivity index (χ2v) is 5.26. The van der Waals surface area contributed by atoms with Gasteiger partial charge in [0.05, 0.1) is 24.6 Å². The molecule has 1 aromatic carbocycles. The summed E-state index contributed by atoms with van der Waals surface area (Å²) >= 11 is 0. The molecule has 0 radical (unpaired) electrons. The normalized spacial score (nSPS) is 10.3. The summed E-state index contributed by atoms with van der Waals surface area (Å²) in [6, 6.07) is 9.42. The molecule has 8 heteroatoms. The van der Waals surface area contributed by atoms with Crippen LogP contribution in [0, 0.1) is 17.1 Å². The molecular formula is C18H14FN3O4. The van der Waals surface area contributed by atoms with Crippen LogP contribution < -0.4 is 10.5 Å². The maximum Gasteiger partial charge on any atom is 0.357 e. The molecule has 0 unspecified atom stereocenters. The van der Waals surface area contributed by atoms with E-state index >= 15 is 0 Å². The van der Waals surface area contributed by atoms with Crippen LogP contribution in [-0.4, -0.2) is 17.6 Å². The van der Waals surface area contributed by atoms with Crippen molar-refractivity contribution in [3.63, 3.8) is 0 Å². The van der Waals surface area contributed by atoms with Crippen molar-refractivity contribution in [3.8, 4) is 17.5 Å². The van der Waals surface area contributed by atoms with E-state index in [9.17, 15) is 9.18 Å². The van der Waals surface area contributed by atoms with E-state index in [-0.39, 0.29) is 29.3 Å². The van der Waals surface area contributed by atoms with Crippen LogP contribution in [0.5, 0.6) is 5.75 Å². The lowest BCUT2D eigenvalue weighted by Gasteiger charge is -2.11. The van der Waals surface area contributed by atoms with Crippen LogP contribution >= 0.6 is 0 Å². The molecule has 0 amide bonds. The van der Waals surface area contributed by atoms with Gasteiger partial charge in [-0.15, -0.1) is 0 Å². The lowest BCUT2D eigenvalue weighted by Crippen LogP contribution is -2.11. The molecule has 3 rings (SSSR count). The molecule has 7 nitrogen and oxygen atoms in total. The van der Waals surface area contributed by atoms with Gasteiger partial charge < -0.3 is 24.2 Å². The number of esters is 1. The molecular weight excluding hydrogens is 341 g/mol. The Balaban J connectivity index is 1.94. The summed E-state index contributed by atoms with van der Waals surface area (Å²) in [6.45, 7) is 0.0751. The van der Waals surface area contributed by atoms with E-state index in [4.69, 9.17) is 24.9 Å². The Labute approximate surface area is 148 Å². The molecule has 0 aliphatic rings. The fraction of sp³-hybridized carbons (Fsp3) is 0.111. The smallest absolute Gasteiger partial charge is 0.357 e. The number of carbonyl (C=O) groups excluding carboxylic acids is 1. The minimum absolute atomic E-state index is 0.0189. The highest BCUT2D eigenvalue weighted by molar-refractivity contribution is 5.95. The fourth-order valence-corrected chi connectivity index (χ4v) is 2.42.